The minimum Gasteiger partial charge on any atom is -0.481 e. The molecule has 9 heteroatoms. The van der Waals surface area contributed by atoms with E-state index in [0.717, 1.165) is 4.31 Å². The summed E-state index contributed by atoms with van der Waals surface area (Å²) in [5.41, 5.74) is 0.249. The number of nitrogens with zero attached hydrogens (tertiary/aromatic N) is 2. The van der Waals surface area contributed by atoms with Crippen molar-refractivity contribution >= 4 is 27.8 Å². The molecule has 1 unspecified atom stereocenters. The molecule has 0 aromatic heterocycles. The molecule has 2 heterocycles. The lowest BCUT2D eigenvalue weighted by atomic mass is 9.97. The zero-order valence-corrected chi connectivity index (χ0v) is 14.7. The zero-order chi connectivity index (χ0) is 18.6. The molecule has 0 bridgehead atoms. The molecular formula is C17H18N2O6S. The van der Waals surface area contributed by atoms with Gasteiger partial charge in [-0.15, -0.1) is 0 Å². The number of rotatable bonds is 3. The van der Waals surface area contributed by atoms with Crippen LogP contribution in [0.2, 0.25) is 0 Å². The van der Waals surface area contributed by atoms with Crippen molar-refractivity contribution in [1.82, 2.24) is 9.21 Å². The smallest absolute Gasteiger partial charge is 0.308 e. The van der Waals surface area contributed by atoms with Crippen LogP contribution in [-0.4, -0.2) is 59.6 Å². The normalized spacial score (nSPS) is 24.5. The van der Waals surface area contributed by atoms with E-state index in [1.807, 2.05) is 0 Å². The Morgan fingerprint density at radius 1 is 1.15 bits per heavy atom. The number of aliphatic carboxylic acids is 1. The highest BCUT2D eigenvalue weighted by molar-refractivity contribution is 7.90. The highest BCUT2D eigenvalue weighted by atomic mass is 32.2. The number of carbonyl (C=O) groups is 3. The van der Waals surface area contributed by atoms with Gasteiger partial charge in [0.05, 0.1) is 11.5 Å². The van der Waals surface area contributed by atoms with E-state index in [4.69, 9.17) is 5.11 Å². The number of piperidine rings is 1. The third-order valence-corrected chi connectivity index (χ3v) is 7.01. The van der Waals surface area contributed by atoms with Gasteiger partial charge in [0, 0.05) is 24.7 Å². The van der Waals surface area contributed by atoms with Gasteiger partial charge in [-0.05, 0) is 43.9 Å². The second-order valence-electron chi connectivity index (χ2n) is 6.98. The summed E-state index contributed by atoms with van der Waals surface area (Å²) in [6, 6.07) is 3.79. The fraction of sp³-hybridized carbons (Fsp3) is 0.471. The predicted octanol–water partition coefficient (Wildman–Crippen LogP) is 0.930. The third-order valence-electron chi connectivity index (χ3n) is 5.13. The van der Waals surface area contributed by atoms with Crippen molar-refractivity contribution in [3.8, 4) is 0 Å². The molecule has 2 aliphatic heterocycles. The summed E-state index contributed by atoms with van der Waals surface area (Å²) in [4.78, 5) is 37.6. The summed E-state index contributed by atoms with van der Waals surface area (Å²) in [5, 5.41) is 9.16. The van der Waals surface area contributed by atoms with E-state index in [2.05, 4.69) is 0 Å². The molecule has 2 fully saturated rings. The van der Waals surface area contributed by atoms with Crippen molar-refractivity contribution in [3.63, 3.8) is 0 Å². The zero-order valence-electron chi connectivity index (χ0n) is 13.9. The van der Waals surface area contributed by atoms with Crippen LogP contribution in [0.5, 0.6) is 0 Å². The molecule has 1 aromatic rings. The minimum absolute atomic E-state index is 0.0931. The maximum atomic E-state index is 12.7. The monoisotopic (exact) mass is 378 g/mol. The number of hydrogen-bond donors (Lipinski definition) is 1. The lowest BCUT2D eigenvalue weighted by Crippen LogP contribution is -2.42. The molecule has 3 aliphatic rings. The van der Waals surface area contributed by atoms with E-state index in [-0.39, 0.29) is 28.6 Å². The molecular weight excluding hydrogens is 360 g/mol. The van der Waals surface area contributed by atoms with Crippen LogP contribution in [0.25, 0.3) is 0 Å². The molecule has 1 N–H and O–H groups in total. The first-order valence-corrected chi connectivity index (χ1v) is 9.99. The number of sulfonamides is 1. The number of likely N-dealkylation sites (tertiary alicyclic amines) is 1. The van der Waals surface area contributed by atoms with Gasteiger partial charge in [0.25, 0.3) is 21.8 Å². The SMILES string of the molecule is O=C(O)C1CCCN(C(=O)c2ccc3c(c2)S(=O)(=O)N(C2CC2)C3=O)C1. The van der Waals surface area contributed by atoms with Gasteiger partial charge in [-0.2, -0.15) is 0 Å². The number of fused-ring (bicyclic) bond motifs is 1. The van der Waals surface area contributed by atoms with Gasteiger partial charge in [-0.3, -0.25) is 14.4 Å². The van der Waals surface area contributed by atoms with Crippen molar-refractivity contribution in [3.05, 3.63) is 29.3 Å². The lowest BCUT2D eigenvalue weighted by molar-refractivity contribution is -0.143. The maximum Gasteiger partial charge on any atom is 0.308 e. The average molecular weight is 378 g/mol. The van der Waals surface area contributed by atoms with Crippen molar-refractivity contribution in [2.45, 2.75) is 36.6 Å². The lowest BCUT2D eigenvalue weighted by Gasteiger charge is -2.30. The Morgan fingerprint density at radius 3 is 2.54 bits per heavy atom. The van der Waals surface area contributed by atoms with Gasteiger partial charge >= 0.3 is 5.97 Å². The van der Waals surface area contributed by atoms with Crippen LogP contribution in [0.1, 0.15) is 46.4 Å². The van der Waals surface area contributed by atoms with Crippen LogP contribution in [0, 0.1) is 5.92 Å². The topological polar surface area (TPSA) is 112 Å². The Balaban J connectivity index is 1.64. The van der Waals surface area contributed by atoms with Crippen LogP contribution < -0.4 is 0 Å². The largest absolute Gasteiger partial charge is 0.481 e. The minimum atomic E-state index is -3.92. The predicted molar refractivity (Wildman–Crippen MR) is 89.1 cm³/mol. The Kier molecular flexibility index (Phi) is 3.80. The molecule has 26 heavy (non-hydrogen) atoms. The highest BCUT2D eigenvalue weighted by Gasteiger charge is 2.49. The number of carbonyl (C=O) groups excluding carboxylic acids is 2. The molecule has 2 amide bonds. The Bertz CT molecular complexity index is 921. The number of carboxylic acids is 1. The van der Waals surface area contributed by atoms with Gasteiger partial charge in [0.2, 0.25) is 0 Å². The van der Waals surface area contributed by atoms with E-state index in [1.165, 1.54) is 23.1 Å². The fourth-order valence-corrected chi connectivity index (χ4v) is 5.44. The number of benzene rings is 1. The first kappa shape index (κ1) is 17.0. The van der Waals surface area contributed by atoms with Crippen molar-refractivity contribution in [1.29, 1.82) is 0 Å². The van der Waals surface area contributed by atoms with Crippen molar-refractivity contribution in [2.24, 2.45) is 5.92 Å². The molecule has 4 rings (SSSR count). The molecule has 1 saturated carbocycles. The van der Waals surface area contributed by atoms with Crippen LogP contribution in [-0.2, 0) is 14.8 Å². The standard InChI is InChI=1S/C17H18N2O6S/c20-15(18-7-1-2-11(9-18)17(22)23)10-3-6-13-14(8-10)26(24,25)19(16(13)21)12-4-5-12/h3,6,8,11-12H,1-2,4-5,7,9H2,(H,22,23). The quantitative estimate of drug-likeness (QED) is 0.837. The summed E-state index contributed by atoms with van der Waals surface area (Å²) in [6.45, 7) is 0.532. The summed E-state index contributed by atoms with van der Waals surface area (Å²) in [6.07, 6.45) is 2.42. The van der Waals surface area contributed by atoms with Crippen LogP contribution >= 0.6 is 0 Å². The maximum absolute atomic E-state index is 12.7. The highest BCUT2D eigenvalue weighted by Crippen LogP contribution is 2.39. The fourth-order valence-electron chi connectivity index (χ4n) is 3.60. The molecule has 8 nitrogen and oxygen atoms in total. The molecule has 0 spiro atoms. The second-order valence-corrected chi connectivity index (χ2v) is 8.76. The van der Waals surface area contributed by atoms with Crippen LogP contribution in [0.15, 0.2) is 23.1 Å². The van der Waals surface area contributed by atoms with Crippen LogP contribution in [0.3, 0.4) is 0 Å². The van der Waals surface area contributed by atoms with E-state index < -0.39 is 33.7 Å². The summed E-state index contributed by atoms with van der Waals surface area (Å²) < 4.78 is 26.3. The number of hydrogen-bond acceptors (Lipinski definition) is 5. The average Bonchev–Trinajstić information content (AvgIpc) is 3.42. The van der Waals surface area contributed by atoms with Gasteiger partial charge in [0.1, 0.15) is 4.90 Å². The summed E-state index contributed by atoms with van der Waals surface area (Å²) in [5.74, 6) is -2.50. The molecule has 138 valence electrons. The Morgan fingerprint density at radius 2 is 1.88 bits per heavy atom. The first-order chi connectivity index (χ1) is 12.3. The molecule has 1 atom stereocenters. The van der Waals surface area contributed by atoms with E-state index in [9.17, 15) is 22.8 Å². The van der Waals surface area contributed by atoms with Gasteiger partial charge < -0.3 is 10.0 Å². The van der Waals surface area contributed by atoms with E-state index >= 15 is 0 Å². The van der Waals surface area contributed by atoms with Crippen molar-refractivity contribution < 1.29 is 27.9 Å². The van der Waals surface area contributed by atoms with Crippen molar-refractivity contribution in [2.75, 3.05) is 13.1 Å². The van der Waals surface area contributed by atoms with Gasteiger partial charge in [0.15, 0.2) is 0 Å². The first-order valence-electron chi connectivity index (χ1n) is 8.55. The second kappa shape index (κ2) is 5.80. The van der Waals surface area contributed by atoms with Gasteiger partial charge in [-0.25, -0.2) is 12.7 Å². The van der Waals surface area contributed by atoms with E-state index in [1.54, 1.807) is 0 Å². The van der Waals surface area contributed by atoms with E-state index in [0.29, 0.717) is 32.2 Å². The molecule has 0 radical (unpaired) electrons. The Labute approximate surface area is 150 Å². The summed E-state index contributed by atoms with van der Waals surface area (Å²) in [7, 11) is -3.92. The van der Waals surface area contributed by atoms with Gasteiger partial charge in [-0.1, -0.05) is 0 Å². The molecule has 1 aliphatic carbocycles. The van der Waals surface area contributed by atoms with Crippen LogP contribution in [0.4, 0.5) is 0 Å². The Hall–Kier alpha value is -2.42. The third kappa shape index (κ3) is 2.57. The number of amides is 2. The number of carboxylic acid groups (broad SMARTS) is 1. The molecule has 1 saturated heterocycles. The molecule has 1 aromatic carbocycles. The summed E-state index contributed by atoms with van der Waals surface area (Å²) >= 11 is 0.